The van der Waals surface area contributed by atoms with E-state index in [1.165, 1.54) is 10.4 Å². The van der Waals surface area contributed by atoms with Crippen LogP contribution in [-0.4, -0.2) is 67.4 Å². The van der Waals surface area contributed by atoms with Crippen molar-refractivity contribution in [1.29, 1.82) is 0 Å². The lowest BCUT2D eigenvalue weighted by Crippen LogP contribution is -2.47. The highest BCUT2D eigenvalue weighted by molar-refractivity contribution is 7.89. The zero-order chi connectivity index (χ0) is 24.2. The summed E-state index contributed by atoms with van der Waals surface area (Å²) in [6.07, 6.45) is 5.87. The number of rotatable bonds is 5. The van der Waals surface area contributed by atoms with Crippen LogP contribution in [0.25, 0.3) is 0 Å². The summed E-state index contributed by atoms with van der Waals surface area (Å²) >= 11 is 0. The van der Waals surface area contributed by atoms with Crippen molar-refractivity contribution in [3.05, 3.63) is 29.8 Å². The fraction of sp³-hybridized carbons (Fsp3) is 0.667. The molecule has 1 aromatic rings. The Bertz CT molecular complexity index is 943. The molecule has 2 amide bonds. The second-order valence-corrected chi connectivity index (χ2v) is 12.1. The van der Waals surface area contributed by atoms with Gasteiger partial charge in [0, 0.05) is 37.8 Å². The Morgan fingerprint density at radius 3 is 2.30 bits per heavy atom. The molecule has 1 heterocycles. The number of ether oxygens (including phenoxy) is 1. The van der Waals surface area contributed by atoms with Crippen LogP contribution in [0.5, 0.6) is 0 Å². The van der Waals surface area contributed by atoms with E-state index in [0.717, 1.165) is 32.1 Å². The number of amides is 2. The molecule has 2 aliphatic rings. The first-order chi connectivity index (χ1) is 15.5. The van der Waals surface area contributed by atoms with E-state index in [2.05, 4.69) is 5.32 Å². The van der Waals surface area contributed by atoms with Crippen LogP contribution in [0.4, 0.5) is 4.79 Å². The Morgan fingerprint density at radius 2 is 1.70 bits per heavy atom. The molecule has 2 fully saturated rings. The Hall–Kier alpha value is -2.13. The number of likely N-dealkylation sites (tertiary alicyclic amines) is 1. The van der Waals surface area contributed by atoms with Crippen molar-refractivity contribution in [3.8, 4) is 0 Å². The van der Waals surface area contributed by atoms with Crippen LogP contribution in [0.2, 0.25) is 0 Å². The van der Waals surface area contributed by atoms with Gasteiger partial charge in [-0.05, 0) is 64.7 Å². The van der Waals surface area contributed by atoms with Crippen LogP contribution in [0.1, 0.15) is 76.1 Å². The lowest BCUT2D eigenvalue weighted by Gasteiger charge is -2.33. The molecule has 9 heteroatoms. The third-order valence-corrected chi connectivity index (χ3v) is 8.25. The molecule has 1 saturated heterocycles. The minimum absolute atomic E-state index is 0.0105. The topological polar surface area (TPSA) is 96.0 Å². The molecule has 1 N–H and O–H groups in total. The SMILES string of the molecule is CN(C1CCCCC1)S(=O)(=O)c1cccc(C(=O)NC2CCN(C(=O)OC(C)(C)C)CC2)c1. The molecule has 3 rings (SSSR count). The van der Waals surface area contributed by atoms with Gasteiger partial charge in [-0.2, -0.15) is 4.31 Å². The molecule has 0 unspecified atom stereocenters. The van der Waals surface area contributed by atoms with Crippen molar-refractivity contribution >= 4 is 22.0 Å². The Kier molecular flexibility index (Phi) is 8.05. The normalized spacial score (nSPS) is 18.9. The van der Waals surface area contributed by atoms with Gasteiger partial charge in [0.1, 0.15) is 5.60 Å². The number of piperidine rings is 1. The van der Waals surface area contributed by atoms with Gasteiger partial charge in [-0.1, -0.05) is 25.3 Å². The van der Waals surface area contributed by atoms with Crippen LogP contribution in [-0.2, 0) is 14.8 Å². The summed E-state index contributed by atoms with van der Waals surface area (Å²) in [5.41, 5.74) is -0.221. The molecule has 1 aromatic carbocycles. The molecule has 184 valence electrons. The molecule has 0 bridgehead atoms. The number of hydrogen-bond donors (Lipinski definition) is 1. The van der Waals surface area contributed by atoms with E-state index >= 15 is 0 Å². The van der Waals surface area contributed by atoms with Crippen LogP contribution in [0, 0.1) is 0 Å². The molecule has 0 aromatic heterocycles. The highest BCUT2D eigenvalue weighted by atomic mass is 32.2. The summed E-state index contributed by atoms with van der Waals surface area (Å²) in [4.78, 5) is 26.9. The maximum Gasteiger partial charge on any atom is 0.410 e. The summed E-state index contributed by atoms with van der Waals surface area (Å²) in [5, 5.41) is 2.99. The predicted octanol–water partition coefficient (Wildman–Crippen LogP) is 3.77. The van der Waals surface area contributed by atoms with Crippen LogP contribution >= 0.6 is 0 Å². The van der Waals surface area contributed by atoms with Crippen molar-refractivity contribution in [2.75, 3.05) is 20.1 Å². The summed E-state index contributed by atoms with van der Waals surface area (Å²) in [6, 6.07) is 6.18. The van der Waals surface area contributed by atoms with E-state index in [-0.39, 0.29) is 29.0 Å². The number of carbonyl (C=O) groups excluding carboxylic acids is 2. The Labute approximate surface area is 197 Å². The number of sulfonamides is 1. The maximum absolute atomic E-state index is 13.1. The van der Waals surface area contributed by atoms with Gasteiger partial charge in [-0.15, -0.1) is 0 Å². The van der Waals surface area contributed by atoms with Gasteiger partial charge >= 0.3 is 6.09 Å². The van der Waals surface area contributed by atoms with Crippen LogP contribution in [0.3, 0.4) is 0 Å². The van der Waals surface area contributed by atoms with Gasteiger partial charge < -0.3 is 15.0 Å². The predicted molar refractivity (Wildman–Crippen MR) is 127 cm³/mol. The molecule has 1 aliphatic carbocycles. The molecule has 1 saturated carbocycles. The van der Waals surface area contributed by atoms with Gasteiger partial charge in [0.15, 0.2) is 0 Å². The van der Waals surface area contributed by atoms with Crippen LogP contribution in [0.15, 0.2) is 29.2 Å². The van der Waals surface area contributed by atoms with E-state index in [0.29, 0.717) is 31.5 Å². The molecule has 0 atom stereocenters. The first-order valence-corrected chi connectivity index (χ1v) is 13.3. The summed E-state index contributed by atoms with van der Waals surface area (Å²) in [6.45, 7) is 6.50. The second kappa shape index (κ2) is 10.4. The molecular weight excluding hydrogens is 442 g/mol. The zero-order valence-corrected chi connectivity index (χ0v) is 21.0. The van der Waals surface area contributed by atoms with Gasteiger partial charge in [-0.3, -0.25) is 4.79 Å². The van der Waals surface area contributed by atoms with Crippen molar-refractivity contribution in [1.82, 2.24) is 14.5 Å². The highest BCUT2D eigenvalue weighted by Crippen LogP contribution is 2.27. The zero-order valence-electron chi connectivity index (χ0n) is 20.2. The maximum atomic E-state index is 13.1. The lowest BCUT2D eigenvalue weighted by molar-refractivity contribution is 0.0199. The summed E-state index contributed by atoms with van der Waals surface area (Å²) in [7, 11) is -2.03. The molecular formula is C24H37N3O5S. The molecule has 0 spiro atoms. The van der Waals surface area contributed by atoms with Crippen molar-refractivity contribution in [2.24, 2.45) is 0 Å². The van der Waals surface area contributed by atoms with Crippen molar-refractivity contribution < 1.29 is 22.7 Å². The van der Waals surface area contributed by atoms with Gasteiger partial charge in [0.05, 0.1) is 4.90 Å². The highest BCUT2D eigenvalue weighted by Gasteiger charge is 2.30. The van der Waals surface area contributed by atoms with Gasteiger partial charge in [0.25, 0.3) is 5.91 Å². The number of carbonyl (C=O) groups is 2. The summed E-state index contributed by atoms with van der Waals surface area (Å²) < 4.78 is 33.2. The lowest BCUT2D eigenvalue weighted by atomic mass is 9.96. The standard InChI is InChI=1S/C24H37N3O5S/c1-24(2,3)32-23(29)27-15-13-19(14-16-27)25-22(28)18-9-8-12-21(17-18)33(30,31)26(4)20-10-6-5-7-11-20/h8-9,12,17,19-20H,5-7,10-11,13-16H2,1-4H3,(H,25,28). The molecule has 1 aliphatic heterocycles. The first-order valence-electron chi connectivity index (χ1n) is 11.8. The number of nitrogens with zero attached hydrogens (tertiary/aromatic N) is 2. The molecule has 33 heavy (non-hydrogen) atoms. The second-order valence-electron chi connectivity index (χ2n) is 10.1. The average molecular weight is 480 g/mol. The smallest absolute Gasteiger partial charge is 0.410 e. The third kappa shape index (κ3) is 6.69. The van der Waals surface area contributed by atoms with E-state index in [9.17, 15) is 18.0 Å². The number of hydrogen-bond acceptors (Lipinski definition) is 5. The summed E-state index contributed by atoms with van der Waals surface area (Å²) in [5.74, 6) is -0.303. The van der Waals surface area contributed by atoms with E-state index in [4.69, 9.17) is 4.74 Å². The van der Waals surface area contributed by atoms with Crippen molar-refractivity contribution in [2.45, 2.75) is 88.3 Å². The van der Waals surface area contributed by atoms with Crippen LogP contribution < -0.4 is 5.32 Å². The fourth-order valence-electron chi connectivity index (χ4n) is 4.41. The van der Waals surface area contributed by atoms with Crippen molar-refractivity contribution in [3.63, 3.8) is 0 Å². The minimum atomic E-state index is -3.66. The van der Waals surface area contributed by atoms with Gasteiger partial charge in [0.2, 0.25) is 10.0 Å². The Balaban J connectivity index is 1.59. The fourth-order valence-corrected chi connectivity index (χ4v) is 5.87. The Morgan fingerprint density at radius 1 is 1.06 bits per heavy atom. The van der Waals surface area contributed by atoms with E-state index < -0.39 is 15.6 Å². The molecule has 0 radical (unpaired) electrons. The largest absolute Gasteiger partial charge is 0.444 e. The third-order valence-electron chi connectivity index (χ3n) is 6.34. The monoisotopic (exact) mass is 479 g/mol. The first kappa shape index (κ1) is 25.5. The number of benzene rings is 1. The van der Waals surface area contributed by atoms with E-state index in [1.54, 1.807) is 30.1 Å². The minimum Gasteiger partial charge on any atom is -0.444 e. The molecule has 8 nitrogen and oxygen atoms in total. The quantitative estimate of drug-likeness (QED) is 0.694. The van der Waals surface area contributed by atoms with Gasteiger partial charge in [-0.25, -0.2) is 13.2 Å². The van der Waals surface area contributed by atoms with E-state index in [1.807, 2.05) is 20.8 Å². The average Bonchev–Trinajstić information content (AvgIpc) is 2.78. The number of nitrogens with one attached hydrogen (secondary N) is 1.